The molecule has 0 fully saturated rings. The Morgan fingerprint density at radius 1 is 1.05 bits per heavy atom. The first-order valence-electron chi connectivity index (χ1n) is 11.0. The maximum Gasteiger partial charge on any atom is 0.417 e. The third kappa shape index (κ3) is 8.79. The summed E-state index contributed by atoms with van der Waals surface area (Å²) in [6.07, 6.45) is -4.09. The molecule has 0 saturated carbocycles. The van der Waals surface area contributed by atoms with E-state index in [4.69, 9.17) is 23.2 Å². The zero-order valence-electron chi connectivity index (χ0n) is 20.9. The van der Waals surface area contributed by atoms with Crippen LogP contribution in [0.3, 0.4) is 0 Å². The summed E-state index contributed by atoms with van der Waals surface area (Å²) in [5.41, 5.74) is -1.71. The first-order chi connectivity index (χ1) is 16.8. The first-order valence-corrected chi connectivity index (χ1v) is 13.6. The molecule has 204 valence electrons. The molecule has 2 aromatic rings. The minimum Gasteiger partial charge on any atom is -0.350 e. The Balaban J connectivity index is 2.50. The van der Waals surface area contributed by atoms with Crippen molar-refractivity contribution in [2.24, 2.45) is 0 Å². The second kappa shape index (κ2) is 11.5. The van der Waals surface area contributed by atoms with Gasteiger partial charge in [0, 0.05) is 17.1 Å². The summed E-state index contributed by atoms with van der Waals surface area (Å²) in [5, 5.41) is 2.53. The van der Waals surface area contributed by atoms with E-state index in [0.29, 0.717) is 21.0 Å². The lowest BCUT2D eigenvalue weighted by atomic mass is 10.1. The van der Waals surface area contributed by atoms with Crippen LogP contribution in [0.25, 0.3) is 0 Å². The summed E-state index contributed by atoms with van der Waals surface area (Å²) < 4.78 is 65.9. The molecule has 0 aromatic heterocycles. The highest BCUT2D eigenvalue weighted by molar-refractivity contribution is 7.92. The fourth-order valence-electron chi connectivity index (χ4n) is 3.39. The number of amides is 2. The average molecular weight is 582 g/mol. The smallest absolute Gasteiger partial charge is 0.350 e. The summed E-state index contributed by atoms with van der Waals surface area (Å²) in [4.78, 5) is 27.5. The molecule has 0 aliphatic heterocycles. The quantitative estimate of drug-likeness (QED) is 0.469. The van der Waals surface area contributed by atoms with E-state index in [9.17, 15) is 31.2 Å². The number of alkyl halides is 3. The summed E-state index contributed by atoms with van der Waals surface area (Å²) in [6.45, 7) is 5.77. The fraction of sp³-hybridized carbons (Fsp3) is 0.417. The molecule has 2 amide bonds. The van der Waals surface area contributed by atoms with Crippen LogP contribution in [0.4, 0.5) is 18.9 Å². The van der Waals surface area contributed by atoms with Gasteiger partial charge in [-0.25, -0.2) is 8.42 Å². The predicted octanol–water partition coefficient (Wildman–Crippen LogP) is 5.11. The van der Waals surface area contributed by atoms with Crippen molar-refractivity contribution in [3.63, 3.8) is 0 Å². The van der Waals surface area contributed by atoms with Gasteiger partial charge in [-0.1, -0.05) is 35.3 Å². The highest BCUT2D eigenvalue weighted by Crippen LogP contribution is 2.37. The minimum atomic E-state index is -4.85. The van der Waals surface area contributed by atoms with E-state index < -0.39 is 62.4 Å². The molecular weight excluding hydrogens is 554 g/mol. The van der Waals surface area contributed by atoms with Gasteiger partial charge in [0.2, 0.25) is 21.8 Å². The minimum absolute atomic E-state index is 0.107. The van der Waals surface area contributed by atoms with E-state index in [1.807, 2.05) is 0 Å². The lowest BCUT2D eigenvalue weighted by Gasteiger charge is -2.33. The van der Waals surface area contributed by atoms with E-state index in [2.05, 4.69) is 5.32 Å². The molecule has 0 aliphatic rings. The second-order valence-corrected chi connectivity index (χ2v) is 12.2. The molecule has 13 heteroatoms. The normalized spacial score (nSPS) is 13.1. The molecule has 7 nitrogen and oxygen atoms in total. The average Bonchev–Trinajstić information content (AvgIpc) is 2.73. The second-order valence-electron chi connectivity index (χ2n) is 9.50. The molecule has 0 heterocycles. The topological polar surface area (TPSA) is 86.8 Å². The van der Waals surface area contributed by atoms with Crippen molar-refractivity contribution in [2.45, 2.75) is 52.0 Å². The number of hydrogen-bond donors (Lipinski definition) is 1. The maximum atomic E-state index is 13.5. The number of carbonyl (C=O) groups is 2. The molecule has 0 bridgehead atoms. The van der Waals surface area contributed by atoms with Gasteiger partial charge in [0.05, 0.1) is 22.5 Å². The number of rotatable bonds is 8. The van der Waals surface area contributed by atoms with Crippen LogP contribution >= 0.6 is 23.2 Å². The van der Waals surface area contributed by atoms with Crippen LogP contribution in [0.2, 0.25) is 10.0 Å². The lowest BCUT2D eigenvalue weighted by Crippen LogP contribution is -2.54. The van der Waals surface area contributed by atoms with Crippen LogP contribution in [0, 0.1) is 0 Å². The van der Waals surface area contributed by atoms with E-state index in [-0.39, 0.29) is 6.54 Å². The Morgan fingerprint density at radius 2 is 1.68 bits per heavy atom. The Bertz CT molecular complexity index is 1260. The van der Waals surface area contributed by atoms with Gasteiger partial charge in [0.25, 0.3) is 0 Å². The molecule has 0 radical (unpaired) electrons. The lowest BCUT2D eigenvalue weighted by molar-refractivity contribution is -0.140. The molecule has 0 unspecified atom stereocenters. The van der Waals surface area contributed by atoms with Crippen LogP contribution < -0.4 is 9.62 Å². The number of nitrogens with one attached hydrogen (secondary N) is 1. The molecule has 0 aliphatic carbocycles. The van der Waals surface area contributed by atoms with Crippen molar-refractivity contribution in [1.82, 2.24) is 10.2 Å². The largest absolute Gasteiger partial charge is 0.417 e. The molecule has 1 N–H and O–H groups in total. The van der Waals surface area contributed by atoms with Gasteiger partial charge in [-0.05, 0) is 63.6 Å². The van der Waals surface area contributed by atoms with Gasteiger partial charge in [-0.2, -0.15) is 13.2 Å². The zero-order chi connectivity index (χ0) is 28.3. The van der Waals surface area contributed by atoms with Crippen LogP contribution in [-0.4, -0.2) is 49.5 Å². The highest BCUT2D eigenvalue weighted by atomic mass is 35.5. The van der Waals surface area contributed by atoms with Gasteiger partial charge in [-0.3, -0.25) is 13.9 Å². The van der Waals surface area contributed by atoms with Crippen LogP contribution in [0.5, 0.6) is 0 Å². The van der Waals surface area contributed by atoms with Gasteiger partial charge in [0.1, 0.15) is 12.6 Å². The van der Waals surface area contributed by atoms with Gasteiger partial charge >= 0.3 is 6.18 Å². The van der Waals surface area contributed by atoms with E-state index in [1.165, 1.54) is 6.92 Å². The van der Waals surface area contributed by atoms with Crippen LogP contribution in [0.1, 0.15) is 38.8 Å². The van der Waals surface area contributed by atoms with E-state index in [1.54, 1.807) is 45.0 Å². The van der Waals surface area contributed by atoms with Gasteiger partial charge in [-0.15, -0.1) is 0 Å². The third-order valence-electron chi connectivity index (χ3n) is 5.13. The van der Waals surface area contributed by atoms with Crippen LogP contribution in [-0.2, 0) is 32.3 Å². The summed E-state index contributed by atoms with van der Waals surface area (Å²) >= 11 is 11.7. The number of carbonyl (C=O) groups excluding carboxylic acids is 2. The summed E-state index contributed by atoms with van der Waals surface area (Å²) in [5.74, 6) is -1.31. The van der Waals surface area contributed by atoms with Crippen molar-refractivity contribution in [3.8, 4) is 0 Å². The fourth-order valence-corrected chi connectivity index (χ4v) is 4.67. The van der Waals surface area contributed by atoms with Crippen molar-refractivity contribution < 1.29 is 31.2 Å². The number of benzene rings is 2. The van der Waals surface area contributed by atoms with E-state index in [0.717, 1.165) is 23.3 Å². The van der Waals surface area contributed by atoms with Crippen molar-refractivity contribution in [1.29, 1.82) is 0 Å². The molecule has 2 rings (SSSR count). The molecule has 1 atom stereocenters. The molecule has 0 spiro atoms. The number of halogens is 5. The Hall–Kier alpha value is -2.50. The van der Waals surface area contributed by atoms with Gasteiger partial charge in [0.15, 0.2) is 0 Å². The molecule has 0 saturated heterocycles. The maximum absolute atomic E-state index is 13.5. The Labute approximate surface area is 224 Å². The number of sulfonamides is 1. The predicted molar refractivity (Wildman–Crippen MR) is 138 cm³/mol. The summed E-state index contributed by atoms with van der Waals surface area (Å²) in [6, 6.07) is 8.01. The zero-order valence-corrected chi connectivity index (χ0v) is 23.2. The molecule has 2 aromatic carbocycles. The van der Waals surface area contributed by atoms with Crippen molar-refractivity contribution >= 4 is 50.7 Å². The standard InChI is InChI=1S/C24H28Cl2F3N3O4S/c1-15(22(34)30-23(2,3)4)31(13-16-7-6-8-17(25)11-16)21(33)14-32(37(5,35)36)18-9-10-20(26)19(12-18)24(27,28)29/h6-12,15H,13-14H2,1-5H3,(H,30,34)/t15-/m1/s1. The highest BCUT2D eigenvalue weighted by Gasteiger charge is 2.36. The van der Waals surface area contributed by atoms with Crippen LogP contribution in [0.15, 0.2) is 42.5 Å². The molecule has 37 heavy (non-hydrogen) atoms. The first kappa shape index (κ1) is 30.7. The van der Waals surface area contributed by atoms with Crippen molar-refractivity contribution in [3.05, 3.63) is 63.6 Å². The third-order valence-corrected chi connectivity index (χ3v) is 6.84. The van der Waals surface area contributed by atoms with E-state index >= 15 is 0 Å². The SMILES string of the molecule is C[C@H](C(=O)NC(C)(C)C)N(Cc1cccc(Cl)c1)C(=O)CN(c1ccc(Cl)c(C(F)(F)F)c1)S(C)(=O)=O. The number of hydrogen-bond acceptors (Lipinski definition) is 4. The van der Waals surface area contributed by atoms with Crippen molar-refractivity contribution in [2.75, 3.05) is 17.1 Å². The Morgan fingerprint density at radius 3 is 2.19 bits per heavy atom. The number of anilines is 1. The Kier molecular flexibility index (Phi) is 9.54. The number of nitrogens with zero attached hydrogens (tertiary/aromatic N) is 2. The monoisotopic (exact) mass is 581 g/mol. The molecular formula is C24H28Cl2F3N3O4S. The van der Waals surface area contributed by atoms with Gasteiger partial charge < -0.3 is 10.2 Å². The summed E-state index contributed by atoms with van der Waals surface area (Å²) in [7, 11) is -4.22.